The molecule has 0 N–H and O–H groups in total. The van der Waals surface area contributed by atoms with Crippen molar-refractivity contribution in [1.29, 1.82) is 0 Å². The first kappa shape index (κ1) is 17.2. The number of halogens is 1. The quantitative estimate of drug-likeness (QED) is 0.635. The van der Waals surface area contributed by atoms with E-state index >= 15 is 0 Å². The third-order valence-corrected chi connectivity index (χ3v) is 5.22. The van der Waals surface area contributed by atoms with Crippen LogP contribution in [0.5, 0.6) is 0 Å². The molecule has 7 nitrogen and oxygen atoms in total. The van der Waals surface area contributed by atoms with Gasteiger partial charge in [0, 0.05) is 10.6 Å². The van der Waals surface area contributed by atoms with Crippen LogP contribution in [0.1, 0.15) is 22.8 Å². The molecule has 0 saturated carbocycles. The molecule has 0 aliphatic rings. The Morgan fingerprint density at radius 3 is 2.64 bits per heavy atom. The van der Waals surface area contributed by atoms with E-state index in [2.05, 4.69) is 15.5 Å². The molecule has 25 heavy (non-hydrogen) atoms. The summed E-state index contributed by atoms with van der Waals surface area (Å²) < 4.78 is 26.5. The number of Topliss-reactive ketones (excluding diaryl/α,β-unsaturated/α-hetero) is 1. The lowest BCUT2D eigenvalue weighted by molar-refractivity contribution is 0.101. The van der Waals surface area contributed by atoms with E-state index in [1.54, 1.807) is 42.5 Å². The fourth-order valence-electron chi connectivity index (χ4n) is 2.30. The predicted molar refractivity (Wildman–Crippen MR) is 91.5 cm³/mol. The van der Waals surface area contributed by atoms with Crippen molar-refractivity contribution in [1.82, 2.24) is 20.2 Å². The minimum absolute atomic E-state index is 0.141. The maximum Gasteiger partial charge on any atom is 0.272 e. The lowest BCUT2D eigenvalue weighted by atomic mass is 10.1. The van der Waals surface area contributed by atoms with Gasteiger partial charge >= 0.3 is 0 Å². The largest absolute Gasteiger partial charge is 0.295 e. The Kier molecular flexibility index (Phi) is 4.65. The van der Waals surface area contributed by atoms with Crippen molar-refractivity contribution in [2.45, 2.75) is 17.8 Å². The van der Waals surface area contributed by atoms with E-state index in [-0.39, 0.29) is 16.7 Å². The highest BCUT2D eigenvalue weighted by Gasteiger charge is 2.24. The number of carbonyl (C=O) groups excluding carboxylic acids is 1. The first-order valence-electron chi connectivity index (χ1n) is 7.24. The van der Waals surface area contributed by atoms with Gasteiger partial charge in [-0.3, -0.25) is 4.79 Å². The SMILES string of the molecule is CC(=O)c1cccc(-n2nnnc2S(=O)(=O)Cc2cccc(Cl)c2)c1. The van der Waals surface area contributed by atoms with Crippen LogP contribution in [0.15, 0.2) is 53.7 Å². The average molecular weight is 377 g/mol. The van der Waals surface area contributed by atoms with Crippen molar-refractivity contribution in [2.75, 3.05) is 0 Å². The van der Waals surface area contributed by atoms with Crippen molar-refractivity contribution in [3.63, 3.8) is 0 Å². The molecular weight excluding hydrogens is 364 g/mol. The molecule has 0 fully saturated rings. The second kappa shape index (κ2) is 6.73. The molecule has 1 heterocycles. The van der Waals surface area contributed by atoms with Crippen LogP contribution >= 0.6 is 11.6 Å². The van der Waals surface area contributed by atoms with Crippen molar-refractivity contribution in [2.24, 2.45) is 0 Å². The number of nitrogens with zero attached hydrogens (tertiary/aromatic N) is 4. The minimum atomic E-state index is -3.82. The number of benzene rings is 2. The topological polar surface area (TPSA) is 94.8 Å². The van der Waals surface area contributed by atoms with Crippen LogP contribution in [0, 0.1) is 0 Å². The van der Waals surface area contributed by atoms with Crippen molar-refractivity contribution in [3.05, 3.63) is 64.7 Å². The van der Waals surface area contributed by atoms with Crippen molar-refractivity contribution in [3.8, 4) is 5.69 Å². The molecule has 0 saturated heterocycles. The second-order valence-electron chi connectivity index (χ2n) is 5.37. The standard InChI is InChI=1S/C16H13ClN4O3S/c1-11(22)13-5-3-7-15(9-13)21-16(18-19-20-21)25(23,24)10-12-4-2-6-14(17)8-12/h2-9H,10H2,1H3. The maximum atomic E-state index is 12.7. The second-order valence-corrected chi connectivity index (χ2v) is 7.69. The molecule has 0 unspecified atom stereocenters. The van der Waals surface area contributed by atoms with Gasteiger partial charge in [-0.15, -0.1) is 0 Å². The average Bonchev–Trinajstić information content (AvgIpc) is 3.05. The molecule has 0 radical (unpaired) electrons. The molecule has 9 heteroatoms. The maximum absolute atomic E-state index is 12.7. The van der Waals surface area contributed by atoms with Crippen molar-refractivity contribution >= 4 is 27.2 Å². The summed E-state index contributed by atoms with van der Waals surface area (Å²) in [4.78, 5) is 11.5. The van der Waals surface area contributed by atoms with E-state index in [1.165, 1.54) is 13.0 Å². The zero-order chi connectivity index (χ0) is 18.0. The highest BCUT2D eigenvalue weighted by molar-refractivity contribution is 7.90. The predicted octanol–water partition coefficient (Wildman–Crippen LogP) is 2.49. The van der Waals surface area contributed by atoms with Crippen LogP contribution in [0.3, 0.4) is 0 Å². The monoisotopic (exact) mass is 376 g/mol. The van der Waals surface area contributed by atoms with Crippen LogP contribution in [0.2, 0.25) is 5.02 Å². The number of sulfone groups is 1. The number of carbonyl (C=O) groups is 1. The van der Waals surface area contributed by atoms with E-state index in [1.807, 2.05) is 0 Å². The Bertz CT molecular complexity index is 1050. The molecule has 0 bridgehead atoms. The highest BCUT2D eigenvalue weighted by Crippen LogP contribution is 2.20. The first-order chi connectivity index (χ1) is 11.9. The Morgan fingerprint density at radius 2 is 1.92 bits per heavy atom. The smallest absolute Gasteiger partial charge is 0.272 e. The van der Waals surface area contributed by atoms with Gasteiger partial charge in [0.25, 0.3) is 5.16 Å². The zero-order valence-corrected chi connectivity index (χ0v) is 14.7. The number of hydrogen-bond acceptors (Lipinski definition) is 6. The van der Waals surface area contributed by atoms with Gasteiger partial charge < -0.3 is 0 Å². The van der Waals surface area contributed by atoms with E-state index in [4.69, 9.17) is 11.6 Å². The van der Waals surface area contributed by atoms with Gasteiger partial charge in [0.05, 0.1) is 11.4 Å². The molecule has 3 rings (SSSR count). The fraction of sp³-hybridized carbons (Fsp3) is 0.125. The summed E-state index contributed by atoms with van der Waals surface area (Å²) in [5.41, 5.74) is 1.35. The number of ketones is 1. The molecule has 0 spiro atoms. The molecule has 0 amide bonds. The van der Waals surface area contributed by atoms with Crippen LogP contribution in [-0.4, -0.2) is 34.4 Å². The Hall–Kier alpha value is -2.58. The van der Waals surface area contributed by atoms with Gasteiger partial charge in [-0.05, 0) is 47.2 Å². The summed E-state index contributed by atoms with van der Waals surface area (Å²) in [5.74, 6) is -0.432. The van der Waals surface area contributed by atoms with Gasteiger partial charge in [-0.1, -0.05) is 41.0 Å². The normalized spacial score (nSPS) is 11.4. The number of hydrogen-bond donors (Lipinski definition) is 0. The number of aromatic nitrogens is 4. The van der Waals surface area contributed by atoms with Gasteiger partial charge in [-0.25, -0.2) is 8.42 Å². The summed E-state index contributed by atoms with van der Waals surface area (Å²) in [6.45, 7) is 1.43. The van der Waals surface area contributed by atoms with E-state index in [9.17, 15) is 13.2 Å². The summed E-state index contributed by atoms with van der Waals surface area (Å²) in [6.07, 6.45) is 0. The molecule has 1 aromatic heterocycles. The summed E-state index contributed by atoms with van der Waals surface area (Å²) in [7, 11) is -3.82. The Morgan fingerprint density at radius 1 is 1.16 bits per heavy atom. The molecule has 0 atom stereocenters. The van der Waals surface area contributed by atoms with Crippen molar-refractivity contribution < 1.29 is 13.2 Å². The van der Waals surface area contributed by atoms with Crippen LogP contribution in [-0.2, 0) is 15.6 Å². The molecule has 0 aliphatic carbocycles. The van der Waals surface area contributed by atoms with Gasteiger partial charge in [0.2, 0.25) is 9.84 Å². The van der Waals surface area contributed by atoms with E-state index in [0.29, 0.717) is 21.8 Å². The molecule has 2 aromatic carbocycles. The lowest BCUT2D eigenvalue weighted by Crippen LogP contribution is -2.13. The summed E-state index contributed by atoms with van der Waals surface area (Å²) in [5, 5.41) is 11.0. The fourth-order valence-corrected chi connectivity index (χ4v) is 3.83. The van der Waals surface area contributed by atoms with Crippen LogP contribution < -0.4 is 0 Å². The van der Waals surface area contributed by atoms with E-state index < -0.39 is 9.84 Å². The first-order valence-corrected chi connectivity index (χ1v) is 9.27. The Labute approximate surface area is 149 Å². The van der Waals surface area contributed by atoms with Gasteiger partial charge in [0.15, 0.2) is 5.78 Å². The Balaban J connectivity index is 2.01. The lowest BCUT2D eigenvalue weighted by Gasteiger charge is -2.07. The zero-order valence-electron chi connectivity index (χ0n) is 13.1. The molecule has 128 valence electrons. The third-order valence-electron chi connectivity index (χ3n) is 3.46. The van der Waals surface area contributed by atoms with Gasteiger partial charge in [-0.2, -0.15) is 4.68 Å². The summed E-state index contributed by atoms with van der Waals surface area (Å²) in [6, 6.07) is 13.0. The summed E-state index contributed by atoms with van der Waals surface area (Å²) >= 11 is 5.90. The minimum Gasteiger partial charge on any atom is -0.295 e. The van der Waals surface area contributed by atoms with Crippen LogP contribution in [0.4, 0.5) is 0 Å². The van der Waals surface area contributed by atoms with E-state index in [0.717, 1.165) is 4.68 Å². The molecular formula is C16H13ClN4O3S. The third kappa shape index (κ3) is 3.75. The molecule has 3 aromatic rings. The number of rotatable bonds is 5. The highest BCUT2D eigenvalue weighted by atomic mass is 35.5. The van der Waals surface area contributed by atoms with Crippen LogP contribution in [0.25, 0.3) is 5.69 Å². The number of tetrazole rings is 1. The molecule has 0 aliphatic heterocycles. The van der Waals surface area contributed by atoms with Gasteiger partial charge in [0.1, 0.15) is 0 Å².